The second kappa shape index (κ2) is 10.0. The van der Waals surface area contributed by atoms with Crippen LogP contribution in [0.25, 0.3) is 0 Å². The molecule has 2 aromatic carbocycles. The number of nitrogens with zero attached hydrogens (tertiary/aromatic N) is 1. The molecule has 0 saturated carbocycles. The molecule has 2 rings (SSSR count). The van der Waals surface area contributed by atoms with Gasteiger partial charge in [0.25, 0.3) is 5.91 Å². The maximum atomic E-state index is 13.9. The third-order valence-corrected chi connectivity index (χ3v) is 4.84. The number of nitrogens with one attached hydrogen (secondary N) is 2. The molecule has 1 unspecified atom stereocenters. The fraction of sp³-hybridized carbons (Fsp3) is 0.348. The largest absolute Gasteiger partial charge is 0.340 e. The Morgan fingerprint density at radius 1 is 1.00 bits per heavy atom. The minimum absolute atomic E-state index is 0.133. The number of halogens is 1. The number of likely N-dealkylation sites (N-methyl/N-ethyl adjacent to an activating group) is 1. The lowest BCUT2D eigenvalue weighted by atomic mass is 10.0. The van der Waals surface area contributed by atoms with Gasteiger partial charge in [-0.2, -0.15) is 0 Å². The summed E-state index contributed by atoms with van der Waals surface area (Å²) in [6.45, 7) is 7.16. The van der Waals surface area contributed by atoms with Crippen LogP contribution >= 0.6 is 0 Å². The van der Waals surface area contributed by atoms with Crippen LogP contribution in [-0.2, 0) is 9.59 Å². The number of hydrogen-bond donors (Lipinski definition) is 2. The third kappa shape index (κ3) is 5.65. The zero-order valence-electron chi connectivity index (χ0n) is 18.0. The Balaban J connectivity index is 2.06. The Kier molecular flexibility index (Phi) is 7.69. The van der Waals surface area contributed by atoms with E-state index < -0.39 is 23.7 Å². The van der Waals surface area contributed by atoms with Crippen LogP contribution in [-0.4, -0.2) is 42.3 Å². The summed E-state index contributed by atoms with van der Waals surface area (Å²) in [7, 11) is 1.50. The number of hydrogen-bond acceptors (Lipinski definition) is 3. The number of carbonyl (C=O) groups is 3. The van der Waals surface area contributed by atoms with Gasteiger partial charge >= 0.3 is 0 Å². The summed E-state index contributed by atoms with van der Waals surface area (Å²) in [6, 6.07) is 10.4. The van der Waals surface area contributed by atoms with E-state index in [2.05, 4.69) is 10.6 Å². The number of rotatable bonds is 7. The number of aryl methyl sites for hydroxylation is 2. The topological polar surface area (TPSA) is 78.5 Å². The highest BCUT2D eigenvalue weighted by Gasteiger charge is 2.29. The summed E-state index contributed by atoms with van der Waals surface area (Å²) >= 11 is 0. The van der Waals surface area contributed by atoms with Gasteiger partial charge in [0.1, 0.15) is 11.9 Å². The summed E-state index contributed by atoms with van der Waals surface area (Å²) in [5.41, 5.74) is 2.44. The van der Waals surface area contributed by atoms with Gasteiger partial charge in [-0.05, 0) is 43.0 Å². The van der Waals surface area contributed by atoms with Crippen molar-refractivity contribution in [1.82, 2.24) is 10.2 Å². The summed E-state index contributed by atoms with van der Waals surface area (Å²) in [4.78, 5) is 39.1. The van der Waals surface area contributed by atoms with E-state index in [1.165, 1.54) is 30.1 Å². The van der Waals surface area contributed by atoms with Gasteiger partial charge in [0.05, 0.1) is 12.1 Å². The van der Waals surface area contributed by atoms with Crippen molar-refractivity contribution in [2.75, 3.05) is 18.9 Å². The second-order valence-corrected chi connectivity index (χ2v) is 7.68. The van der Waals surface area contributed by atoms with Gasteiger partial charge in [0.2, 0.25) is 11.8 Å². The molecule has 0 saturated heterocycles. The third-order valence-electron chi connectivity index (χ3n) is 4.84. The first-order valence-corrected chi connectivity index (χ1v) is 9.78. The van der Waals surface area contributed by atoms with E-state index in [-0.39, 0.29) is 23.9 Å². The van der Waals surface area contributed by atoms with Gasteiger partial charge in [-0.3, -0.25) is 14.4 Å². The molecule has 0 aliphatic heterocycles. The lowest BCUT2D eigenvalue weighted by Crippen LogP contribution is -2.51. The van der Waals surface area contributed by atoms with E-state index in [1.54, 1.807) is 19.9 Å². The van der Waals surface area contributed by atoms with Crippen molar-refractivity contribution in [3.05, 3.63) is 65.0 Å². The van der Waals surface area contributed by atoms with Crippen molar-refractivity contribution < 1.29 is 18.8 Å². The van der Waals surface area contributed by atoms with Crippen molar-refractivity contribution in [2.45, 2.75) is 33.7 Å². The predicted octanol–water partition coefficient (Wildman–Crippen LogP) is 3.29. The molecule has 2 aromatic rings. The molecule has 7 heteroatoms. The van der Waals surface area contributed by atoms with E-state index in [9.17, 15) is 18.8 Å². The molecule has 160 valence electrons. The number of amides is 3. The van der Waals surface area contributed by atoms with E-state index in [1.807, 2.05) is 32.0 Å². The highest BCUT2D eigenvalue weighted by Crippen LogP contribution is 2.19. The molecule has 0 bridgehead atoms. The summed E-state index contributed by atoms with van der Waals surface area (Å²) in [6.07, 6.45) is 0. The van der Waals surface area contributed by atoms with Crippen molar-refractivity contribution in [3.63, 3.8) is 0 Å². The second-order valence-electron chi connectivity index (χ2n) is 7.68. The average Bonchev–Trinajstić information content (AvgIpc) is 2.68. The number of anilines is 1. The van der Waals surface area contributed by atoms with Crippen LogP contribution < -0.4 is 10.6 Å². The normalized spacial score (nSPS) is 11.7. The summed E-state index contributed by atoms with van der Waals surface area (Å²) in [5.74, 6) is -2.35. The Bertz CT molecular complexity index is 923. The molecule has 0 aliphatic carbocycles. The van der Waals surface area contributed by atoms with Crippen LogP contribution in [0.3, 0.4) is 0 Å². The van der Waals surface area contributed by atoms with E-state index >= 15 is 0 Å². The Morgan fingerprint density at radius 2 is 1.60 bits per heavy atom. The summed E-state index contributed by atoms with van der Waals surface area (Å²) < 4.78 is 13.9. The molecular formula is C23H28FN3O3. The summed E-state index contributed by atoms with van der Waals surface area (Å²) in [5, 5.41) is 5.43. The fourth-order valence-electron chi connectivity index (χ4n) is 3.10. The molecule has 0 spiro atoms. The molecule has 0 aromatic heterocycles. The molecule has 2 N–H and O–H groups in total. The highest BCUT2D eigenvalue weighted by molar-refractivity contribution is 5.99. The van der Waals surface area contributed by atoms with Crippen LogP contribution in [0.2, 0.25) is 0 Å². The van der Waals surface area contributed by atoms with Gasteiger partial charge in [0, 0.05) is 12.7 Å². The van der Waals surface area contributed by atoms with Crippen LogP contribution in [0.1, 0.15) is 35.3 Å². The Morgan fingerprint density at radius 3 is 2.17 bits per heavy atom. The predicted molar refractivity (Wildman–Crippen MR) is 115 cm³/mol. The highest BCUT2D eigenvalue weighted by atomic mass is 19.1. The van der Waals surface area contributed by atoms with Crippen LogP contribution in [0, 0.1) is 25.6 Å². The molecule has 30 heavy (non-hydrogen) atoms. The fourth-order valence-corrected chi connectivity index (χ4v) is 3.10. The van der Waals surface area contributed by atoms with Gasteiger partial charge < -0.3 is 15.5 Å². The van der Waals surface area contributed by atoms with Crippen LogP contribution in [0.5, 0.6) is 0 Å². The lowest BCUT2D eigenvalue weighted by molar-refractivity contribution is -0.135. The first kappa shape index (κ1) is 23.1. The van der Waals surface area contributed by atoms with Gasteiger partial charge in [-0.15, -0.1) is 0 Å². The average molecular weight is 413 g/mol. The Labute approximate surface area is 176 Å². The van der Waals surface area contributed by atoms with Crippen LogP contribution in [0.15, 0.2) is 42.5 Å². The van der Waals surface area contributed by atoms with Gasteiger partial charge in [-0.25, -0.2) is 4.39 Å². The van der Waals surface area contributed by atoms with Crippen molar-refractivity contribution in [2.24, 2.45) is 5.92 Å². The van der Waals surface area contributed by atoms with Gasteiger partial charge in [-0.1, -0.05) is 44.2 Å². The minimum atomic E-state index is -0.893. The van der Waals surface area contributed by atoms with E-state index in [0.29, 0.717) is 0 Å². The number of carbonyl (C=O) groups excluding carboxylic acids is 3. The number of para-hydroxylation sites is 1. The molecule has 0 heterocycles. The zero-order valence-corrected chi connectivity index (χ0v) is 18.0. The molecular weight excluding hydrogens is 385 g/mol. The molecule has 0 radical (unpaired) electrons. The van der Waals surface area contributed by atoms with Crippen molar-refractivity contribution in [1.29, 1.82) is 0 Å². The smallest absolute Gasteiger partial charge is 0.254 e. The van der Waals surface area contributed by atoms with E-state index in [4.69, 9.17) is 0 Å². The SMILES string of the molecule is Cc1cccc(C)c1NC(=O)CN(C)C(=O)C(NC(=O)c1ccccc1F)C(C)C. The standard InChI is InChI=1S/C23H28FN3O3/c1-14(2)20(26-22(29)17-11-6-7-12-18(17)24)23(30)27(5)13-19(28)25-21-15(3)9-8-10-16(21)4/h6-12,14,20H,13H2,1-5H3,(H,25,28)(H,26,29). The van der Waals surface area contributed by atoms with Crippen molar-refractivity contribution in [3.8, 4) is 0 Å². The molecule has 0 aliphatic rings. The zero-order chi connectivity index (χ0) is 22.4. The maximum Gasteiger partial charge on any atom is 0.254 e. The molecule has 6 nitrogen and oxygen atoms in total. The van der Waals surface area contributed by atoms with Crippen molar-refractivity contribution >= 4 is 23.4 Å². The monoisotopic (exact) mass is 413 g/mol. The lowest BCUT2D eigenvalue weighted by Gasteiger charge is -2.27. The molecule has 3 amide bonds. The quantitative estimate of drug-likeness (QED) is 0.731. The minimum Gasteiger partial charge on any atom is -0.340 e. The Hall–Kier alpha value is -3.22. The maximum absolute atomic E-state index is 13.9. The molecule has 0 fully saturated rings. The first-order valence-electron chi connectivity index (χ1n) is 9.78. The number of benzene rings is 2. The van der Waals surface area contributed by atoms with E-state index in [0.717, 1.165) is 16.8 Å². The first-order chi connectivity index (χ1) is 14.1. The molecule has 1 atom stereocenters. The van der Waals surface area contributed by atoms with Gasteiger partial charge in [0.15, 0.2) is 0 Å². The van der Waals surface area contributed by atoms with Crippen LogP contribution in [0.4, 0.5) is 10.1 Å².